The van der Waals surface area contributed by atoms with E-state index in [0.717, 1.165) is 19.3 Å². The third-order valence-corrected chi connectivity index (χ3v) is 6.75. The highest BCUT2D eigenvalue weighted by Crippen LogP contribution is 2.37. The zero-order valence-electron chi connectivity index (χ0n) is 21.3. The number of benzene rings is 3. The highest BCUT2D eigenvalue weighted by molar-refractivity contribution is 6.39. The Labute approximate surface area is 217 Å². The molecule has 0 spiro atoms. The molecule has 0 heterocycles. The highest BCUT2D eigenvalue weighted by atomic mass is 16.5. The number of rotatable bonds is 4. The molecule has 0 radical (unpaired) electrons. The molecular weight excluding hydrogens is 464 g/mol. The summed E-state index contributed by atoms with van der Waals surface area (Å²) in [7, 11) is 3.04. The first-order chi connectivity index (χ1) is 17.9. The van der Waals surface area contributed by atoms with Crippen LogP contribution in [0.3, 0.4) is 0 Å². The van der Waals surface area contributed by atoms with E-state index in [1.54, 1.807) is 54.4 Å². The minimum atomic E-state index is -0.673. The summed E-state index contributed by atoms with van der Waals surface area (Å²) < 4.78 is 4.75. The van der Waals surface area contributed by atoms with Crippen LogP contribution in [0.25, 0.3) is 0 Å². The highest BCUT2D eigenvalue weighted by Gasteiger charge is 2.35. The second-order valence-electron chi connectivity index (χ2n) is 9.29. The Hall–Kier alpha value is -4.37. The number of anilines is 1. The van der Waals surface area contributed by atoms with Gasteiger partial charge in [0.05, 0.1) is 12.7 Å². The lowest BCUT2D eigenvalue weighted by atomic mass is 9.92. The summed E-state index contributed by atoms with van der Waals surface area (Å²) in [4.78, 5) is 39.2. The zero-order valence-corrected chi connectivity index (χ0v) is 21.3. The van der Waals surface area contributed by atoms with Crippen LogP contribution in [-0.2, 0) is 14.3 Å². The summed E-state index contributed by atoms with van der Waals surface area (Å²) in [6, 6.07) is 22.3. The molecule has 188 valence electrons. The second kappa shape index (κ2) is 11.6. The van der Waals surface area contributed by atoms with Crippen molar-refractivity contribution < 1.29 is 19.1 Å². The van der Waals surface area contributed by atoms with Gasteiger partial charge in [0.1, 0.15) is 0 Å². The number of amides is 2. The van der Waals surface area contributed by atoms with Gasteiger partial charge in [0, 0.05) is 35.8 Å². The summed E-state index contributed by atoms with van der Waals surface area (Å²) in [6.45, 7) is 2.05. The number of esters is 1. The van der Waals surface area contributed by atoms with Gasteiger partial charge < -0.3 is 15.0 Å². The van der Waals surface area contributed by atoms with E-state index in [0.29, 0.717) is 22.4 Å². The Morgan fingerprint density at radius 2 is 1.59 bits per heavy atom. The fourth-order valence-corrected chi connectivity index (χ4v) is 4.76. The largest absolute Gasteiger partial charge is 0.465 e. The maximum atomic E-state index is 13.0. The maximum absolute atomic E-state index is 13.0. The zero-order chi connectivity index (χ0) is 26.4. The number of methoxy groups -OCH3 is 1. The summed E-state index contributed by atoms with van der Waals surface area (Å²) in [6.07, 6.45) is 2.89. The van der Waals surface area contributed by atoms with Crippen LogP contribution in [0.1, 0.15) is 57.8 Å². The lowest BCUT2D eigenvalue weighted by Gasteiger charge is -2.29. The average molecular weight is 495 g/mol. The van der Waals surface area contributed by atoms with Crippen molar-refractivity contribution in [1.29, 1.82) is 0 Å². The van der Waals surface area contributed by atoms with Crippen LogP contribution in [0.4, 0.5) is 5.69 Å². The molecule has 1 aliphatic carbocycles. The number of nitrogens with one attached hydrogen (secondary N) is 1. The van der Waals surface area contributed by atoms with Gasteiger partial charge in [-0.05, 0) is 61.7 Å². The number of likely N-dealkylation sites (N-methyl/N-ethyl adjacent to an activating group) is 1. The molecule has 4 rings (SSSR count). The molecule has 1 aliphatic rings. The van der Waals surface area contributed by atoms with E-state index in [-0.39, 0.29) is 12.0 Å². The Morgan fingerprint density at radius 3 is 2.30 bits per heavy atom. The standard InChI is InChI=1S/C31H30N2O4/c1-21-13-17-24(18-14-21)27-11-6-12-28(27)33(2)30(35)29(34)32-26-10-5-8-23(20-26)16-15-22-7-4-9-25(19-22)31(36)37-3/h4-5,7-10,13-14,17-20,27-28H,6,11-12H2,1-3H3,(H,32,34). The molecule has 0 saturated heterocycles. The van der Waals surface area contributed by atoms with E-state index in [1.165, 1.54) is 18.2 Å². The topological polar surface area (TPSA) is 75.7 Å². The van der Waals surface area contributed by atoms with E-state index in [1.807, 2.05) is 6.07 Å². The van der Waals surface area contributed by atoms with Crippen molar-refractivity contribution in [3.8, 4) is 11.8 Å². The summed E-state index contributed by atoms with van der Waals surface area (Å²) in [5.74, 6) is 4.62. The first-order valence-corrected chi connectivity index (χ1v) is 12.3. The minimum Gasteiger partial charge on any atom is -0.465 e. The van der Waals surface area contributed by atoms with E-state index >= 15 is 0 Å². The molecule has 0 aliphatic heterocycles. The molecule has 1 fully saturated rings. The molecule has 3 aromatic carbocycles. The van der Waals surface area contributed by atoms with Crippen LogP contribution < -0.4 is 5.32 Å². The van der Waals surface area contributed by atoms with Gasteiger partial charge in [-0.2, -0.15) is 0 Å². The van der Waals surface area contributed by atoms with Gasteiger partial charge in [-0.25, -0.2) is 4.79 Å². The van der Waals surface area contributed by atoms with E-state index < -0.39 is 17.8 Å². The van der Waals surface area contributed by atoms with E-state index in [4.69, 9.17) is 4.74 Å². The van der Waals surface area contributed by atoms with Crippen molar-refractivity contribution in [2.24, 2.45) is 0 Å². The van der Waals surface area contributed by atoms with Gasteiger partial charge in [0.15, 0.2) is 0 Å². The molecular formula is C31H30N2O4. The number of ether oxygens (including phenoxy) is 1. The van der Waals surface area contributed by atoms with Crippen molar-refractivity contribution in [2.75, 3.05) is 19.5 Å². The average Bonchev–Trinajstić information content (AvgIpc) is 3.41. The van der Waals surface area contributed by atoms with Gasteiger partial charge in [0.2, 0.25) is 0 Å². The van der Waals surface area contributed by atoms with Crippen LogP contribution in [0.5, 0.6) is 0 Å². The van der Waals surface area contributed by atoms with Crippen LogP contribution in [0.15, 0.2) is 72.8 Å². The predicted molar refractivity (Wildman–Crippen MR) is 143 cm³/mol. The minimum absolute atomic E-state index is 0.0149. The lowest BCUT2D eigenvalue weighted by molar-refractivity contribution is -0.143. The maximum Gasteiger partial charge on any atom is 0.337 e. The van der Waals surface area contributed by atoms with Gasteiger partial charge in [0.25, 0.3) is 0 Å². The number of nitrogens with zero attached hydrogens (tertiary/aromatic N) is 1. The molecule has 6 nitrogen and oxygen atoms in total. The molecule has 3 aromatic rings. The lowest BCUT2D eigenvalue weighted by Crippen LogP contribution is -2.44. The predicted octanol–water partition coefficient (Wildman–Crippen LogP) is 4.91. The molecule has 0 aromatic heterocycles. The van der Waals surface area contributed by atoms with Crippen LogP contribution >= 0.6 is 0 Å². The van der Waals surface area contributed by atoms with Crippen molar-refractivity contribution in [2.45, 2.75) is 38.1 Å². The Morgan fingerprint density at radius 1 is 0.919 bits per heavy atom. The normalized spacial score (nSPS) is 16.3. The SMILES string of the molecule is COC(=O)c1cccc(C#Cc2cccc(NC(=O)C(=O)N(C)C3CCCC3c3ccc(C)cc3)c2)c1. The number of carbonyl (C=O) groups excluding carboxylic acids is 3. The molecule has 2 amide bonds. The summed E-state index contributed by atoms with van der Waals surface area (Å²) >= 11 is 0. The molecule has 6 heteroatoms. The number of hydrogen-bond acceptors (Lipinski definition) is 4. The third-order valence-electron chi connectivity index (χ3n) is 6.75. The van der Waals surface area contributed by atoms with Crippen LogP contribution in [0.2, 0.25) is 0 Å². The second-order valence-corrected chi connectivity index (χ2v) is 9.29. The Bertz CT molecular complexity index is 1370. The number of aryl methyl sites for hydroxylation is 1. The smallest absolute Gasteiger partial charge is 0.337 e. The van der Waals surface area contributed by atoms with Crippen molar-refractivity contribution in [1.82, 2.24) is 4.90 Å². The fourth-order valence-electron chi connectivity index (χ4n) is 4.76. The molecule has 37 heavy (non-hydrogen) atoms. The van der Waals surface area contributed by atoms with Gasteiger partial charge in [-0.1, -0.05) is 60.2 Å². The van der Waals surface area contributed by atoms with Crippen molar-refractivity contribution >= 4 is 23.5 Å². The first kappa shape index (κ1) is 25.7. The van der Waals surface area contributed by atoms with Crippen LogP contribution in [0, 0.1) is 18.8 Å². The summed E-state index contributed by atoms with van der Waals surface area (Å²) in [5, 5.41) is 2.72. The van der Waals surface area contributed by atoms with Crippen molar-refractivity contribution in [3.63, 3.8) is 0 Å². The Balaban J connectivity index is 1.43. The van der Waals surface area contributed by atoms with E-state index in [9.17, 15) is 14.4 Å². The monoisotopic (exact) mass is 494 g/mol. The number of hydrogen-bond donors (Lipinski definition) is 1. The van der Waals surface area contributed by atoms with Crippen LogP contribution in [-0.4, -0.2) is 42.9 Å². The van der Waals surface area contributed by atoms with Gasteiger partial charge in [-0.3, -0.25) is 9.59 Å². The van der Waals surface area contributed by atoms with E-state index in [2.05, 4.69) is 48.3 Å². The molecule has 2 atom stereocenters. The molecule has 2 unspecified atom stereocenters. The quantitative estimate of drug-likeness (QED) is 0.318. The molecule has 1 saturated carbocycles. The first-order valence-electron chi connectivity index (χ1n) is 12.3. The summed E-state index contributed by atoms with van der Waals surface area (Å²) in [5.41, 5.74) is 4.64. The van der Waals surface area contributed by atoms with Crippen molar-refractivity contribution in [3.05, 3.63) is 101 Å². The third kappa shape index (κ3) is 6.25. The number of carbonyl (C=O) groups is 3. The van der Waals surface area contributed by atoms with Gasteiger partial charge in [-0.15, -0.1) is 0 Å². The Kier molecular flexibility index (Phi) is 8.05. The fraction of sp³-hybridized carbons (Fsp3) is 0.258. The van der Waals surface area contributed by atoms with Gasteiger partial charge >= 0.3 is 17.8 Å². The molecule has 0 bridgehead atoms. The molecule has 1 N–H and O–H groups in total.